The molecule has 0 unspecified atom stereocenters. The second-order valence-corrected chi connectivity index (χ2v) is 5.82. The molecule has 1 heterocycles. The number of ether oxygens (including phenoxy) is 1. The van der Waals surface area contributed by atoms with Gasteiger partial charge in [0.15, 0.2) is 0 Å². The van der Waals surface area contributed by atoms with Crippen LogP contribution in [0.5, 0.6) is 0 Å². The molecule has 4 heteroatoms. The minimum absolute atomic E-state index is 0.0300. The predicted molar refractivity (Wildman–Crippen MR) is 88.7 cm³/mol. The van der Waals surface area contributed by atoms with Crippen molar-refractivity contribution < 1.29 is 9.53 Å². The highest BCUT2D eigenvalue weighted by Gasteiger charge is 2.21. The number of hydrogen-bond acceptors (Lipinski definition) is 3. The lowest BCUT2D eigenvalue weighted by atomic mass is 10.0. The molecule has 0 spiro atoms. The van der Waals surface area contributed by atoms with Gasteiger partial charge in [-0.15, -0.1) is 0 Å². The lowest BCUT2D eigenvalue weighted by Gasteiger charge is -2.31. The number of carbonyl (C=O) groups is 1. The molecule has 0 aliphatic carbocycles. The SMILES string of the molecule is CCOCC(=O)NC[C@H](c1ccccc1)N1CCCCCC1. The maximum absolute atomic E-state index is 11.8. The average molecular weight is 304 g/mol. The first-order chi connectivity index (χ1) is 10.8. The normalized spacial score (nSPS) is 17.7. The van der Waals surface area contributed by atoms with E-state index in [1.165, 1.54) is 31.2 Å². The van der Waals surface area contributed by atoms with E-state index in [2.05, 4.69) is 34.5 Å². The number of likely N-dealkylation sites (tertiary alicyclic amines) is 1. The van der Waals surface area contributed by atoms with Gasteiger partial charge in [0.05, 0.1) is 6.04 Å². The molecule has 1 aliphatic rings. The highest BCUT2D eigenvalue weighted by molar-refractivity contribution is 5.77. The van der Waals surface area contributed by atoms with Gasteiger partial charge in [-0.2, -0.15) is 0 Å². The summed E-state index contributed by atoms with van der Waals surface area (Å²) in [4.78, 5) is 14.4. The summed E-state index contributed by atoms with van der Waals surface area (Å²) in [6, 6.07) is 10.8. The Morgan fingerprint density at radius 3 is 2.50 bits per heavy atom. The van der Waals surface area contributed by atoms with Gasteiger partial charge in [-0.1, -0.05) is 43.2 Å². The predicted octanol–water partition coefficient (Wildman–Crippen LogP) is 2.76. The number of benzene rings is 1. The maximum Gasteiger partial charge on any atom is 0.246 e. The van der Waals surface area contributed by atoms with Gasteiger partial charge >= 0.3 is 0 Å². The Hall–Kier alpha value is -1.39. The van der Waals surface area contributed by atoms with Crippen molar-refractivity contribution in [2.24, 2.45) is 0 Å². The molecule has 1 atom stereocenters. The van der Waals surface area contributed by atoms with E-state index in [-0.39, 0.29) is 18.6 Å². The molecule has 0 radical (unpaired) electrons. The van der Waals surface area contributed by atoms with Crippen LogP contribution in [0.3, 0.4) is 0 Å². The van der Waals surface area contributed by atoms with E-state index < -0.39 is 0 Å². The Morgan fingerprint density at radius 2 is 1.86 bits per heavy atom. The quantitative estimate of drug-likeness (QED) is 0.842. The standard InChI is InChI=1S/C18H28N2O2/c1-2-22-15-18(21)19-14-17(16-10-6-5-7-11-16)20-12-8-3-4-9-13-20/h5-7,10-11,17H,2-4,8-9,12-15H2,1H3,(H,19,21)/t17-/m1/s1. The number of nitrogens with zero attached hydrogens (tertiary/aromatic N) is 1. The van der Waals surface area contributed by atoms with Crippen LogP contribution >= 0.6 is 0 Å². The first-order valence-corrected chi connectivity index (χ1v) is 8.44. The Labute approximate surface area is 133 Å². The van der Waals surface area contributed by atoms with Crippen molar-refractivity contribution in [3.63, 3.8) is 0 Å². The Balaban J connectivity index is 2.00. The Morgan fingerprint density at radius 1 is 1.18 bits per heavy atom. The number of nitrogens with one attached hydrogen (secondary N) is 1. The number of rotatable bonds is 7. The van der Waals surface area contributed by atoms with E-state index >= 15 is 0 Å². The van der Waals surface area contributed by atoms with Crippen LogP contribution < -0.4 is 5.32 Å². The largest absolute Gasteiger partial charge is 0.372 e. The minimum atomic E-state index is -0.0300. The molecular formula is C18H28N2O2. The third-order valence-corrected chi connectivity index (χ3v) is 4.20. The van der Waals surface area contributed by atoms with Gasteiger partial charge in [0.2, 0.25) is 5.91 Å². The lowest BCUT2D eigenvalue weighted by Crippen LogP contribution is -2.39. The highest BCUT2D eigenvalue weighted by Crippen LogP contribution is 2.23. The van der Waals surface area contributed by atoms with Crippen molar-refractivity contribution in [3.8, 4) is 0 Å². The van der Waals surface area contributed by atoms with E-state index in [0.29, 0.717) is 13.2 Å². The fraction of sp³-hybridized carbons (Fsp3) is 0.611. The van der Waals surface area contributed by atoms with E-state index in [9.17, 15) is 4.79 Å². The summed E-state index contributed by atoms with van der Waals surface area (Å²) in [6.07, 6.45) is 5.12. The van der Waals surface area contributed by atoms with Crippen LogP contribution in [0, 0.1) is 0 Å². The van der Waals surface area contributed by atoms with E-state index in [0.717, 1.165) is 13.1 Å². The Bertz CT molecular complexity index is 428. The summed E-state index contributed by atoms with van der Waals surface area (Å²) in [6.45, 7) is 5.49. The number of carbonyl (C=O) groups excluding carboxylic acids is 1. The zero-order valence-electron chi connectivity index (χ0n) is 13.6. The molecule has 1 amide bonds. The van der Waals surface area contributed by atoms with E-state index in [1.54, 1.807) is 0 Å². The molecule has 2 rings (SSSR count). The first kappa shape index (κ1) is 17.0. The zero-order chi connectivity index (χ0) is 15.6. The van der Waals surface area contributed by atoms with Gasteiger partial charge in [0, 0.05) is 13.2 Å². The third-order valence-electron chi connectivity index (χ3n) is 4.20. The van der Waals surface area contributed by atoms with Crippen molar-refractivity contribution in [2.75, 3.05) is 32.8 Å². The summed E-state index contributed by atoms with van der Waals surface area (Å²) in [7, 11) is 0. The van der Waals surface area contributed by atoms with Gasteiger partial charge in [0.1, 0.15) is 6.61 Å². The van der Waals surface area contributed by atoms with Crippen LogP contribution in [-0.4, -0.2) is 43.7 Å². The zero-order valence-corrected chi connectivity index (χ0v) is 13.6. The van der Waals surface area contributed by atoms with E-state index in [1.807, 2.05) is 13.0 Å². The molecule has 122 valence electrons. The highest BCUT2D eigenvalue weighted by atomic mass is 16.5. The summed E-state index contributed by atoms with van der Waals surface area (Å²) in [5.41, 5.74) is 1.28. The van der Waals surface area contributed by atoms with Crippen LogP contribution in [0.2, 0.25) is 0 Å². The lowest BCUT2D eigenvalue weighted by molar-refractivity contribution is -0.125. The molecule has 1 fully saturated rings. The average Bonchev–Trinajstić information content (AvgIpc) is 2.83. The summed E-state index contributed by atoms with van der Waals surface area (Å²) in [5.74, 6) is -0.0300. The second kappa shape index (κ2) is 9.59. The minimum Gasteiger partial charge on any atom is -0.372 e. The van der Waals surface area contributed by atoms with Crippen molar-refractivity contribution >= 4 is 5.91 Å². The molecule has 1 aromatic carbocycles. The molecule has 4 nitrogen and oxygen atoms in total. The van der Waals surface area contributed by atoms with Crippen molar-refractivity contribution in [1.82, 2.24) is 10.2 Å². The topological polar surface area (TPSA) is 41.6 Å². The van der Waals surface area contributed by atoms with Crippen molar-refractivity contribution in [1.29, 1.82) is 0 Å². The van der Waals surface area contributed by atoms with Gasteiger partial charge in [-0.3, -0.25) is 9.69 Å². The molecule has 1 N–H and O–H groups in total. The molecule has 0 saturated carbocycles. The summed E-state index contributed by atoms with van der Waals surface area (Å²) in [5, 5.41) is 3.03. The number of amides is 1. The fourth-order valence-corrected chi connectivity index (χ4v) is 3.00. The molecule has 1 aromatic rings. The smallest absolute Gasteiger partial charge is 0.246 e. The van der Waals surface area contributed by atoms with Gasteiger partial charge in [-0.25, -0.2) is 0 Å². The van der Waals surface area contributed by atoms with Gasteiger partial charge in [-0.05, 0) is 38.4 Å². The summed E-state index contributed by atoms with van der Waals surface area (Å²) >= 11 is 0. The molecule has 22 heavy (non-hydrogen) atoms. The molecule has 1 aliphatic heterocycles. The van der Waals surface area contributed by atoms with Crippen LogP contribution in [-0.2, 0) is 9.53 Å². The second-order valence-electron chi connectivity index (χ2n) is 5.82. The van der Waals surface area contributed by atoms with Gasteiger partial charge < -0.3 is 10.1 Å². The fourth-order valence-electron chi connectivity index (χ4n) is 3.00. The van der Waals surface area contributed by atoms with Crippen LogP contribution in [0.4, 0.5) is 0 Å². The van der Waals surface area contributed by atoms with Crippen molar-refractivity contribution in [3.05, 3.63) is 35.9 Å². The first-order valence-electron chi connectivity index (χ1n) is 8.44. The van der Waals surface area contributed by atoms with Crippen LogP contribution in [0.25, 0.3) is 0 Å². The molecular weight excluding hydrogens is 276 g/mol. The van der Waals surface area contributed by atoms with Crippen LogP contribution in [0.1, 0.15) is 44.2 Å². The van der Waals surface area contributed by atoms with Gasteiger partial charge in [0.25, 0.3) is 0 Å². The molecule has 0 aromatic heterocycles. The van der Waals surface area contributed by atoms with Crippen LogP contribution in [0.15, 0.2) is 30.3 Å². The van der Waals surface area contributed by atoms with Crippen molar-refractivity contribution in [2.45, 2.75) is 38.6 Å². The molecule has 0 bridgehead atoms. The molecule has 1 saturated heterocycles. The third kappa shape index (κ3) is 5.43. The monoisotopic (exact) mass is 304 g/mol. The Kier molecular flexibility index (Phi) is 7.40. The summed E-state index contributed by atoms with van der Waals surface area (Å²) < 4.78 is 5.17. The maximum atomic E-state index is 11.8. The van der Waals surface area contributed by atoms with E-state index in [4.69, 9.17) is 4.74 Å². The number of hydrogen-bond donors (Lipinski definition) is 1.